The summed E-state index contributed by atoms with van der Waals surface area (Å²) in [5.74, 6) is 0. The van der Waals surface area contributed by atoms with Crippen molar-refractivity contribution in [3.63, 3.8) is 0 Å². The van der Waals surface area contributed by atoms with Gasteiger partial charge in [-0.25, -0.2) is 0 Å². The Morgan fingerprint density at radius 1 is 0.410 bits per heavy atom. The minimum absolute atomic E-state index is 0.0218. The number of benzene rings is 7. The van der Waals surface area contributed by atoms with E-state index in [1.54, 1.807) is 11.8 Å². The first-order chi connectivity index (χ1) is 29.1. The van der Waals surface area contributed by atoms with Crippen LogP contribution in [0.15, 0.2) is 146 Å². The van der Waals surface area contributed by atoms with Crippen LogP contribution in [0.2, 0.25) is 0 Å². The molecule has 0 saturated heterocycles. The lowest BCUT2D eigenvalue weighted by Crippen LogP contribution is -2.35. The molecule has 3 aliphatic heterocycles. The molecule has 0 fully saturated rings. The maximum Gasteiger partial charge on any atom is 0.420 e. The lowest BCUT2D eigenvalue weighted by Gasteiger charge is -2.47. The Balaban J connectivity index is 1.45. The molecule has 61 heavy (non-hydrogen) atoms. The van der Waals surface area contributed by atoms with Crippen molar-refractivity contribution in [3.8, 4) is 6.07 Å². The minimum Gasteiger partial charge on any atom is -0.309 e. The van der Waals surface area contributed by atoms with Gasteiger partial charge in [-0.1, -0.05) is 151 Å². The summed E-state index contributed by atoms with van der Waals surface area (Å²) in [7, 11) is 0. The highest BCUT2D eigenvalue weighted by Gasteiger charge is 2.50. The van der Waals surface area contributed by atoms with Gasteiger partial charge >= 0.3 is 6.18 Å². The molecule has 0 unspecified atom stereocenters. The number of nitriles is 1. The lowest BCUT2D eigenvalue weighted by molar-refractivity contribution is -0.136. The molecule has 3 aliphatic rings. The molecular weight excluding hydrogens is 762 g/mol. The third-order valence-corrected chi connectivity index (χ3v) is 13.6. The molecule has 0 atom stereocenters. The first-order valence-corrected chi connectivity index (χ1v) is 20.8. The average Bonchev–Trinajstić information content (AvgIpc) is 3.25. The Bertz CT molecular complexity index is 2860. The largest absolute Gasteiger partial charge is 0.420 e. The zero-order valence-corrected chi connectivity index (χ0v) is 35.3. The van der Waals surface area contributed by atoms with Crippen molar-refractivity contribution < 1.29 is 13.2 Å². The summed E-state index contributed by atoms with van der Waals surface area (Å²) in [6, 6.07) is 49.5. The van der Waals surface area contributed by atoms with E-state index in [-0.39, 0.29) is 16.9 Å². The van der Waals surface area contributed by atoms with Crippen molar-refractivity contribution in [2.24, 2.45) is 0 Å². The summed E-state index contributed by atoms with van der Waals surface area (Å²) in [5, 5.41) is 11.8. The molecule has 7 aromatic carbocycles. The maximum absolute atomic E-state index is 17.1. The lowest BCUT2D eigenvalue weighted by atomic mass is 9.72. The van der Waals surface area contributed by atoms with Crippen LogP contribution in [0.25, 0.3) is 0 Å². The van der Waals surface area contributed by atoms with Crippen LogP contribution in [0.3, 0.4) is 0 Å². The summed E-state index contributed by atoms with van der Waals surface area (Å²) in [6.45, 7) is 14.6. The Morgan fingerprint density at radius 3 is 0.918 bits per heavy atom. The standard InChI is InChI=1S/C54H45F3N4/c1-33-48(59-41-26-14-8-20-35(41)51(2,3)36-21-9-15-27-42(36)59)34(32-58)50(61-45-30-18-12-24-39(45)53(6,7)40-25-13-19-31-46(40)61)47(54(55,56)57)49(33)60-43-28-16-10-22-37(43)52(4,5)38-23-11-17-29-44(38)60/h8-31H,1-7H3. The third kappa shape index (κ3) is 5.24. The van der Waals surface area contributed by atoms with E-state index in [4.69, 9.17) is 0 Å². The van der Waals surface area contributed by atoms with Crippen molar-refractivity contribution in [1.29, 1.82) is 5.26 Å². The topological polar surface area (TPSA) is 33.5 Å². The van der Waals surface area contributed by atoms with Crippen molar-refractivity contribution >= 4 is 51.2 Å². The Morgan fingerprint density at radius 2 is 0.656 bits per heavy atom. The number of hydrogen-bond donors (Lipinski definition) is 0. The monoisotopic (exact) mass is 806 g/mol. The van der Waals surface area contributed by atoms with Gasteiger partial charge in [-0.05, 0) is 82.3 Å². The van der Waals surface area contributed by atoms with Crippen molar-refractivity contribution in [3.05, 3.63) is 196 Å². The van der Waals surface area contributed by atoms with E-state index in [0.717, 1.165) is 44.8 Å². The van der Waals surface area contributed by atoms with Gasteiger partial charge in [-0.3, -0.25) is 0 Å². The molecule has 0 saturated carbocycles. The summed E-state index contributed by atoms with van der Waals surface area (Å²) in [6.07, 6.45) is -4.94. The van der Waals surface area contributed by atoms with Crippen LogP contribution in [-0.2, 0) is 22.4 Å². The summed E-state index contributed by atoms with van der Waals surface area (Å²) >= 11 is 0. The summed E-state index contributed by atoms with van der Waals surface area (Å²) < 4.78 is 51.3. The predicted molar refractivity (Wildman–Crippen MR) is 241 cm³/mol. The van der Waals surface area contributed by atoms with Gasteiger partial charge in [-0.15, -0.1) is 0 Å². The van der Waals surface area contributed by atoms with Crippen LogP contribution in [0.4, 0.5) is 64.4 Å². The normalized spacial score (nSPS) is 16.3. The van der Waals surface area contributed by atoms with Crippen LogP contribution in [0.5, 0.6) is 0 Å². The van der Waals surface area contributed by atoms with Crippen LogP contribution in [0, 0.1) is 18.3 Å². The second-order valence-corrected chi connectivity index (χ2v) is 18.0. The first-order valence-electron chi connectivity index (χ1n) is 20.8. The van der Waals surface area contributed by atoms with E-state index < -0.39 is 28.0 Å². The molecule has 0 aromatic heterocycles. The third-order valence-electron chi connectivity index (χ3n) is 13.6. The Kier molecular flexibility index (Phi) is 8.26. The van der Waals surface area contributed by atoms with Crippen molar-refractivity contribution in [1.82, 2.24) is 0 Å². The fourth-order valence-corrected chi connectivity index (χ4v) is 10.7. The van der Waals surface area contributed by atoms with E-state index in [9.17, 15) is 5.26 Å². The molecule has 7 heteroatoms. The molecule has 3 heterocycles. The number of alkyl halides is 3. The number of para-hydroxylation sites is 6. The van der Waals surface area contributed by atoms with Gasteiger partial charge in [0, 0.05) is 16.2 Å². The van der Waals surface area contributed by atoms with Crippen LogP contribution < -0.4 is 14.7 Å². The van der Waals surface area contributed by atoms with E-state index in [1.807, 2.05) is 143 Å². The molecule has 7 aromatic rings. The number of rotatable bonds is 3. The highest BCUT2D eigenvalue weighted by atomic mass is 19.4. The predicted octanol–water partition coefficient (Wildman–Crippen LogP) is 15.2. The van der Waals surface area contributed by atoms with Gasteiger partial charge in [0.25, 0.3) is 0 Å². The fraction of sp³-hybridized carbons (Fsp3) is 0.204. The first kappa shape index (κ1) is 38.4. The summed E-state index contributed by atoms with van der Waals surface area (Å²) in [4.78, 5) is 5.59. The van der Waals surface area contributed by atoms with Gasteiger partial charge in [0.05, 0.1) is 51.2 Å². The van der Waals surface area contributed by atoms with Gasteiger partial charge in [0.1, 0.15) is 17.2 Å². The molecule has 0 amide bonds. The minimum atomic E-state index is -4.94. The number of halogens is 3. The van der Waals surface area contributed by atoms with E-state index in [1.165, 1.54) is 0 Å². The maximum atomic E-state index is 17.1. The highest BCUT2D eigenvalue weighted by Crippen LogP contribution is 2.63. The molecule has 302 valence electrons. The van der Waals surface area contributed by atoms with Crippen molar-refractivity contribution in [2.75, 3.05) is 14.7 Å². The molecular formula is C54H45F3N4. The molecule has 0 N–H and O–H groups in total. The Labute approximate surface area is 355 Å². The van der Waals surface area contributed by atoms with Gasteiger partial charge < -0.3 is 14.7 Å². The van der Waals surface area contributed by atoms with E-state index >= 15 is 13.2 Å². The molecule has 0 aliphatic carbocycles. The van der Waals surface area contributed by atoms with Crippen LogP contribution >= 0.6 is 0 Å². The van der Waals surface area contributed by atoms with Gasteiger partial charge in [-0.2, -0.15) is 18.4 Å². The van der Waals surface area contributed by atoms with E-state index in [2.05, 4.69) is 59.7 Å². The smallest absolute Gasteiger partial charge is 0.309 e. The molecule has 0 bridgehead atoms. The number of nitrogens with zero attached hydrogens (tertiary/aromatic N) is 4. The van der Waals surface area contributed by atoms with Crippen molar-refractivity contribution in [2.45, 2.75) is 70.9 Å². The number of anilines is 9. The molecule has 0 radical (unpaired) electrons. The van der Waals surface area contributed by atoms with Gasteiger partial charge in [0.2, 0.25) is 0 Å². The highest BCUT2D eigenvalue weighted by molar-refractivity contribution is 6.03. The second kappa shape index (κ2) is 13.1. The van der Waals surface area contributed by atoms with Crippen LogP contribution in [0.1, 0.15) is 91.6 Å². The quantitative estimate of drug-likeness (QED) is 0.178. The Hall–Kier alpha value is -6.78. The zero-order valence-electron chi connectivity index (χ0n) is 35.3. The molecule has 10 rings (SSSR count). The second-order valence-electron chi connectivity index (χ2n) is 18.0. The average molecular weight is 807 g/mol. The van der Waals surface area contributed by atoms with Gasteiger partial charge in [0.15, 0.2) is 0 Å². The van der Waals surface area contributed by atoms with E-state index in [0.29, 0.717) is 34.0 Å². The SMILES string of the molecule is Cc1c(N2c3ccccc3C(C)(C)c3ccccc32)c(C#N)c(N2c3ccccc3C(C)(C)c3ccccc32)c(C(F)(F)F)c1N1c2ccccc2C(C)(C)c2ccccc21. The molecule has 4 nitrogen and oxygen atoms in total. The number of hydrogen-bond acceptors (Lipinski definition) is 4. The number of fused-ring (bicyclic) bond motifs is 6. The zero-order chi connectivity index (χ0) is 42.8. The fourth-order valence-electron chi connectivity index (χ4n) is 10.7. The molecule has 0 spiro atoms. The summed E-state index contributed by atoms with van der Waals surface area (Å²) in [5.41, 5.74) is 7.67. The van der Waals surface area contributed by atoms with Crippen LogP contribution in [-0.4, -0.2) is 0 Å².